The molecule has 106 valence electrons. The van der Waals surface area contributed by atoms with Crippen LogP contribution in [0.15, 0.2) is 24.3 Å². The molecule has 0 spiro atoms. The van der Waals surface area contributed by atoms with E-state index in [0.29, 0.717) is 0 Å². The molecule has 1 aromatic rings. The monoisotopic (exact) mass is 274 g/mol. The first-order chi connectivity index (χ1) is 9.72. The number of benzene rings is 1. The fourth-order valence-electron chi connectivity index (χ4n) is 2.77. The molecule has 2 fully saturated rings. The fraction of sp³-hybridized carbons (Fsp3) is 0.467. The molecular formula is C15H18N2O3. The predicted octanol–water partition coefficient (Wildman–Crippen LogP) is 1.57. The lowest BCUT2D eigenvalue weighted by Crippen LogP contribution is -2.42. The molecule has 0 amide bonds. The van der Waals surface area contributed by atoms with E-state index in [1.165, 1.54) is 24.9 Å². The third kappa shape index (κ3) is 2.76. The van der Waals surface area contributed by atoms with E-state index < -0.39 is 11.9 Å². The summed E-state index contributed by atoms with van der Waals surface area (Å²) in [4.78, 5) is 26.7. The van der Waals surface area contributed by atoms with Crippen LogP contribution in [0.1, 0.15) is 19.3 Å². The fourth-order valence-corrected chi connectivity index (χ4v) is 2.77. The standard InChI is InChI=1S/C15H18N2O3/c18-14-10-17(11-15(19)20-14)13-6-4-12(5-7-13)16-8-2-1-3-9-16/h4-7H,1-3,8-11H2. The number of esters is 2. The van der Waals surface area contributed by atoms with Gasteiger partial charge in [0.25, 0.3) is 0 Å². The lowest BCUT2D eigenvalue weighted by Gasteiger charge is -2.30. The van der Waals surface area contributed by atoms with Gasteiger partial charge < -0.3 is 14.5 Å². The molecule has 2 heterocycles. The van der Waals surface area contributed by atoms with Gasteiger partial charge in [-0.2, -0.15) is 0 Å². The Morgan fingerprint density at radius 2 is 1.25 bits per heavy atom. The number of carbonyl (C=O) groups is 2. The molecular weight excluding hydrogens is 256 g/mol. The minimum Gasteiger partial charge on any atom is -0.390 e. The van der Waals surface area contributed by atoms with Gasteiger partial charge in [0.15, 0.2) is 0 Å². The average Bonchev–Trinajstić information content (AvgIpc) is 2.47. The van der Waals surface area contributed by atoms with Crippen LogP contribution in [0.25, 0.3) is 0 Å². The van der Waals surface area contributed by atoms with Crippen molar-refractivity contribution in [3.8, 4) is 0 Å². The number of nitrogens with zero attached hydrogens (tertiary/aromatic N) is 2. The second-order valence-corrected chi connectivity index (χ2v) is 5.27. The lowest BCUT2D eigenvalue weighted by molar-refractivity contribution is -0.160. The number of rotatable bonds is 2. The Labute approximate surface area is 118 Å². The minimum atomic E-state index is -0.485. The largest absolute Gasteiger partial charge is 0.390 e. The highest BCUT2D eigenvalue weighted by molar-refractivity contribution is 5.94. The zero-order chi connectivity index (χ0) is 13.9. The van der Waals surface area contributed by atoms with Crippen LogP contribution in [0.2, 0.25) is 0 Å². The number of ether oxygens (including phenoxy) is 1. The maximum Gasteiger partial charge on any atom is 0.333 e. The molecule has 3 rings (SSSR count). The van der Waals surface area contributed by atoms with Gasteiger partial charge in [0, 0.05) is 24.5 Å². The Kier molecular flexibility index (Phi) is 3.58. The summed E-state index contributed by atoms with van der Waals surface area (Å²) in [5.74, 6) is -0.970. The number of hydrogen-bond donors (Lipinski definition) is 0. The number of piperidine rings is 1. The van der Waals surface area contributed by atoms with Crippen molar-refractivity contribution in [2.24, 2.45) is 0 Å². The van der Waals surface area contributed by atoms with Gasteiger partial charge in [-0.3, -0.25) is 0 Å². The molecule has 2 saturated heterocycles. The summed E-state index contributed by atoms with van der Waals surface area (Å²) in [7, 11) is 0. The maximum absolute atomic E-state index is 11.3. The third-order valence-corrected chi connectivity index (χ3v) is 3.80. The van der Waals surface area contributed by atoms with Gasteiger partial charge in [-0.05, 0) is 43.5 Å². The van der Waals surface area contributed by atoms with Crippen LogP contribution >= 0.6 is 0 Å². The molecule has 1 aromatic carbocycles. The number of anilines is 2. The topological polar surface area (TPSA) is 49.9 Å². The molecule has 2 aliphatic rings. The van der Waals surface area contributed by atoms with Crippen molar-refractivity contribution in [3.63, 3.8) is 0 Å². The smallest absolute Gasteiger partial charge is 0.333 e. The van der Waals surface area contributed by atoms with Gasteiger partial charge in [0.05, 0.1) is 0 Å². The molecule has 0 N–H and O–H groups in total. The number of morpholine rings is 1. The van der Waals surface area contributed by atoms with Crippen LogP contribution in [0, 0.1) is 0 Å². The molecule has 0 saturated carbocycles. The summed E-state index contributed by atoms with van der Waals surface area (Å²) in [5.41, 5.74) is 2.09. The van der Waals surface area contributed by atoms with Crippen LogP contribution in [-0.4, -0.2) is 38.1 Å². The zero-order valence-corrected chi connectivity index (χ0v) is 11.4. The Bertz CT molecular complexity index is 490. The van der Waals surface area contributed by atoms with E-state index in [1.54, 1.807) is 4.90 Å². The third-order valence-electron chi connectivity index (χ3n) is 3.80. The van der Waals surface area contributed by atoms with Gasteiger partial charge in [-0.15, -0.1) is 0 Å². The van der Waals surface area contributed by atoms with Crippen LogP contribution < -0.4 is 9.80 Å². The summed E-state index contributed by atoms with van der Waals surface area (Å²) in [6.45, 7) is 2.48. The highest BCUT2D eigenvalue weighted by atomic mass is 16.6. The van der Waals surface area contributed by atoms with Gasteiger partial charge in [0.1, 0.15) is 13.1 Å². The molecule has 0 radical (unpaired) electrons. The SMILES string of the molecule is O=C1CN(c2ccc(N3CCCCC3)cc2)CC(=O)O1. The molecule has 0 bridgehead atoms. The number of hydrogen-bond acceptors (Lipinski definition) is 5. The van der Waals surface area contributed by atoms with Gasteiger partial charge >= 0.3 is 11.9 Å². The summed E-state index contributed by atoms with van der Waals surface area (Å²) < 4.78 is 4.53. The van der Waals surface area contributed by atoms with Gasteiger partial charge in [-0.25, -0.2) is 9.59 Å². The summed E-state index contributed by atoms with van der Waals surface area (Å²) in [6.07, 6.45) is 3.80. The Morgan fingerprint density at radius 1 is 0.750 bits per heavy atom. The Morgan fingerprint density at radius 3 is 1.80 bits per heavy atom. The Hall–Kier alpha value is -2.04. The van der Waals surface area contributed by atoms with Crippen molar-refractivity contribution in [1.82, 2.24) is 0 Å². The first-order valence-corrected chi connectivity index (χ1v) is 7.06. The van der Waals surface area contributed by atoms with Gasteiger partial charge in [0.2, 0.25) is 0 Å². The van der Waals surface area contributed by atoms with Crippen LogP contribution in [0.4, 0.5) is 11.4 Å². The molecule has 0 unspecified atom stereocenters. The van der Waals surface area contributed by atoms with E-state index in [4.69, 9.17) is 0 Å². The average molecular weight is 274 g/mol. The van der Waals surface area contributed by atoms with E-state index in [0.717, 1.165) is 18.8 Å². The maximum atomic E-state index is 11.3. The Balaban J connectivity index is 1.72. The molecule has 20 heavy (non-hydrogen) atoms. The van der Waals surface area contributed by atoms with Crippen LogP contribution in [0.3, 0.4) is 0 Å². The summed E-state index contributed by atoms with van der Waals surface area (Å²) in [5, 5.41) is 0. The minimum absolute atomic E-state index is 0.134. The summed E-state index contributed by atoms with van der Waals surface area (Å²) in [6, 6.07) is 8.06. The van der Waals surface area contributed by atoms with E-state index in [9.17, 15) is 9.59 Å². The normalized spacial score (nSPS) is 20.0. The second kappa shape index (κ2) is 5.53. The first-order valence-electron chi connectivity index (χ1n) is 7.06. The number of cyclic esters (lactones) is 2. The molecule has 5 heteroatoms. The highest BCUT2D eigenvalue weighted by Crippen LogP contribution is 2.24. The van der Waals surface area contributed by atoms with Crippen LogP contribution in [-0.2, 0) is 14.3 Å². The van der Waals surface area contributed by atoms with E-state index in [1.807, 2.05) is 12.1 Å². The molecule has 0 atom stereocenters. The second-order valence-electron chi connectivity index (χ2n) is 5.27. The molecule has 0 aromatic heterocycles. The summed E-state index contributed by atoms with van der Waals surface area (Å²) >= 11 is 0. The van der Waals surface area contributed by atoms with Crippen molar-refractivity contribution in [2.45, 2.75) is 19.3 Å². The predicted molar refractivity (Wildman–Crippen MR) is 75.8 cm³/mol. The molecule has 2 aliphatic heterocycles. The van der Waals surface area contributed by atoms with Crippen molar-refractivity contribution in [2.75, 3.05) is 36.0 Å². The van der Waals surface area contributed by atoms with Crippen molar-refractivity contribution in [1.29, 1.82) is 0 Å². The van der Waals surface area contributed by atoms with Crippen molar-refractivity contribution < 1.29 is 14.3 Å². The van der Waals surface area contributed by atoms with E-state index in [-0.39, 0.29) is 13.1 Å². The molecule has 5 nitrogen and oxygen atoms in total. The first kappa shape index (κ1) is 13.0. The van der Waals surface area contributed by atoms with Gasteiger partial charge in [-0.1, -0.05) is 0 Å². The molecule has 0 aliphatic carbocycles. The van der Waals surface area contributed by atoms with Crippen molar-refractivity contribution in [3.05, 3.63) is 24.3 Å². The zero-order valence-electron chi connectivity index (χ0n) is 11.4. The van der Waals surface area contributed by atoms with E-state index >= 15 is 0 Å². The highest BCUT2D eigenvalue weighted by Gasteiger charge is 2.25. The van der Waals surface area contributed by atoms with Crippen LogP contribution in [0.5, 0.6) is 0 Å². The van der Waals surface area contributed by atoms with Crippen molar-refractivity contribution >= 4 is 23.3 Å². The number of carbonyl (C=O) groups excluding carboxylic acids is 2. The van der Waals surface area contributed by atoms with E-state index in [2.05, 4.69) is 21.8 Å². The quantitative estimate of drug-likeness (QED) is 0.605. The lowest BCUT2D eigenvalue weighted by atomic mass is 10.1.